The molecule has 0 N–H and O–H groups in total. The van der Waals surface area contributed by atoms with Gasteiger partial charge in [0, 0.05) is 0 Å². The molecule has 1 aliphatic carbocycles. The summed E-state index contributed by atoms with van der Waals surface area (Å²) in [7, 11) is 0. The molecule has 2 unspecified atom stereocenters. The molecule has 0 aliphatic heterocycles. The fourth-order valence-corrected chi connectivity index (χ4v) is 6.08. The van der Waals surface area contributed by atoms with Gasteiger partial charge >= 0.3 is 18.2 Å². The van der Waals surface area contributed by atoms with Gasteiger partial charge in [0.25, 0.3) is 0 Å². The highest BCUT2D eigenvalue weighted by Crippen LogP contribution is 2.38. The third-order valence-electron chi connectivity index (χ3n) is 3.04. The Balaban J connectivity index is 2.36. The smallest absolute Gasteiger partial charge is 0.306 e. The van der Waals surface area contributed by atoms with Crippen molar-refractivity contribution >= 4 is 31.1 Å². The zero-order chi connectivity index (χ0) is 8.97. The minimum atomic E-state index is 0.0903. The van der Waals surface area contributed by atoms with Crippen molar-refractivity contribution in [2.75, 3.05) is 0 Å². The maximum Gasteiger partial charge on any atom is 0.472 e. The van der Waals surface area contributed by atoms with Crippen LogP contribution in [0.25, 0.3) is 0 Å². The van der Waals surface area contributed by atoms with E-state index in [1.54, 1.807) is 0 Å². The molecular formula is C10H19BrMg. The Hall–Kier alpha value is 1.25. The van der Waals surface area contributed by atoms with Gasteiger partial charge in [-0.25, -0.2) is 0 Å². The maximum atomic E-state index is 3.78. The van der Waals surface area contributed by atoms with Crippen molar-refractivity contribution < 1.29 is 0 Å². The van der Waals surface area contributed by atoms with Crippen LogP contribution in [0.3, 0.4) is 0 Å². The molecule has 12 heavy (non-hydrogen) atoms. The Bertz CT molecular complexity index is 125. The number of halogens is 1. The summed E-state index contributed by atoms with van der Waals surface area (Å²) in [6.07, 6.45) is 7.51. The summed E-state index contributed by atoms with van der Waals surface area (Å²) < 4.78 is 1.11. The van der Waals surface area contributed by atoms with E-state index >= 15 is 0 Å². The Morgan fingerprint density at radius 3 is 2.58 bits per heavy atom. The summed E-state index contributed by atoms with van der Waals surface area (Å²) >= 11 is 3.87. The highest BCUT2D eigenvalue weighted by Gasteiger charge is 2.25. The van der Waals surface area contributed by atoms with Crippen LogP contribution in [-0.2, 0) is 0 Å². The largest absolute Gasteiger partial charge is 0.472 e. The molecule has 0 aromatic heterocycles. The minimum absolute atomic E-state index is 0.0903. The van der Waals surface area contributed by atoms with Crippen LogP contribution < -0.4 is 0 Å². The van der Waals surface area contributed by atoms with Crippen LogP contribution in [0.1, 0.15) is 46.0 Å². The summed E-state index contributed by atoms with van der Waals surface area (Å²) in [6.45, 7) is 4.73. The topological polar surface area (TPSA) is 0 Å². The first-order chi connectivity index (χ1) is 5.74. The van der Waals surface area contributed by atoms with Gasteiger partial charge in [0.05, 0.1) is 0 Å². The van der Waals surface area contributed by atoms with Gasteiger partial charge in [0.15, 0.2) is 0 Å². The van der Waals surface area contributed by atoms with E-state index in [9.17, 15) is 0 Å². The van der Waals surface area contributed by atoms with Gasteiger partial charge in [-0.05, 0) is 12.3 Å². The first-order valence-corrected chi connectivity index (χ1v) is 10.0. The molecule has 2 atom stereocenters. The Labute approximate surface area is 92.5 Å². The van der Waals surface area contributed by atoms with Gasteiger partial charge in [-0.1, -0.05) is 45.4 Å². The minimum Gasteiger partial charge on any atom is -0.306 e. The zero-order valence-electron chi connectivity index (χ0n) is 8.35. The second-order valence-corrected chi connectivity index (χ2v) is 7.89. The van der Waals surface area contributed by atoms with Gasteiger partial charge in [-0.3, -0.25) is 0 Å². The van der Waals surface area contributed by atoms with Crippen LogP contribution in [0.4, 0.5) is 0 Å². The zero-order valence-corrected chi connectivity index (χ0v) is 11.4. The molecule has 0 nitrogen and oxygen atoms in total. The second kappa shape index (κ2) is 5.87. The van der Waals surface area contributed by atoms with E-state index in [-0.39, 0.29) is 18.2 Å². The lowest BCUT2D eigenvalue weighted by Crippen LogP contribution is -2.18. The van der Waals surface area contributed by atoms with Gasteiger partial charge in [0.2, 0.25) is 0 Å². The summed E-state index contributed by atoms with van der Waals surface area (Å²) in [5, 5.41) is 0. The molecule has 68 valence electrons. The molecule has 1 fully saturated rings. The monoisotopic (exact) mass is 242 g/mol. The van der Waals surface area contributed by atoms with Crippen molar-refractivity contribution in [1.29, 1.82) is 0 Å². The van der Waals surface area contributed by atoms with E-state index < -0.39 is 0 Å². The fraction of sp³-hybridized carbons (Fsp3) is 1.00. The lowest BCUT2D eigenvalue weighted by atomic mass is 9.83. The molecule has 0 bridgehead atoms. The van der Waals surface area contributed by atoms with Crippen molar-refractivity contribution in [3.8, 4) is 0 Å². The lowest BCUT2D eigenvalue weighted by Gasteiger charge is -2.31. The van der Waals surface area contributed by atoms with Crippen molar-refractivity contribution in [3.05, 3.63) is 0 Å². The van der Waals surface area contributed by atoms with Crippen molar-refractivity contribution in [2.45, 2.75) is 50.0 Å². The van der Waals surface area contributed by atoms with Gasteiger partial charge in [-0.2, -0.15) is 0 Å². The van der Waals surface area contributed by atoms with E-state index in [4.69, 9.17) is 0 Å². The summed E-state index contributed by atoms with van der Waals surface area (Å²) in [6, 6.07) is 0. The highest BCUT2D eigenvalue weighted by atomic mass is 79.9. The van der Waals surface area contributed by atoms with Crippen LogP contribution in [-0.4, -0.2) is 18.2 Å². The molecule has 0 aromatic rings. The fourth-order valence-electron chi connectivity index (χ4n) is 2.40. The molecule has 0 amide bonds. The first-order valence-electron chi connectivity index (χ1n) is 5.30. The molecule has 1 saturated carbocycles. The third-order valence-corrected chi connectivity index (χ3v) is 7.01. The Kier molecular flexibility index (Phi) is 5.54. The second-order valence-electron chi connectivity index (χ2n) is 4.59. The van der Waals surface area contributed by atoms with Crippen LogP contribution >= 0.6 is 12.9 Å². The molecule has 0 heterocycles. The molecule has 1 aliphatic rings. The van der Waals surface area contributed by atoms with Gasteiger partial charge in [0.1, 0.15) is 0 Å². The Morgan fingerprint density at radius 2 is 2.00 bits per heavy atom. The van der Waals surface area contributed by atoms with Crippen molar-refractivity contribution in [2.24, 2.45) is 11.8 Å². The van der Waals surface area contributed by atoms with Crippen LogP contribution in [0.5, 0.6) is 0 Å². The van der Waals surface area contributed by atoms with Crippen LogP contribution in [0.2, 0.25) is 4.05 Å². The predicted octanol–water partition coefficient (Wildman–Crippen LogP) is 4.03. The van der Waals surface area contributed by atoms with E-state index in [1.807, 2.05) is 0 Å². The summed E-state index contributed by atoms with van der Waals surface area (Å²) in [5.41, 5.74) is 0. The van der Waals surface area contributed by atoms with E-state index in [1.165, 1.54) is 32.1 Å². The number of hydrogen-bond acceptors (Lipinski definition) is 0. The van der Waals surface area contributed by atoms with Crippen LogP contribution in [0, 0.1) is 11.8 Å². The number of hydrogen-bond donors (Lipinski definition) is 0. The highest BCUT2D eigenvalue weighted by molar-refractivity contribution is 9.23. The SMILES string of the molecule is CC(C)CC1CCCC[CH]1[Mg][Br]. The van der Waals surface area contributed by atoms with E-state index in [2.05, 4.69) is 26.7 Å². The molecule has 0 spiro atoms. The Morgan fingerprint density at radius 1 is 1.33 bits per heavy atom. The third kappa shape index (κ3) is 3.55. The first kappa shape index (κ1) is 11.3. The van der Waals surface area contributed by atoms with Crippen LogP contribution in [0.15, 0.2) is 0 Å². The average Bonchev–Trinajstić information content (AvgIpc) is 2.04. The van der Waals surface area contributed by atoms with Crippen molar-refractivity contribution in [3.63, 3.8) is 0 Å². The molecular weight excluding hydrogens is 224 g/mol. The molecule has 0 radical (unpaired) electrons. The standard InChI is InChI=1S/C10H19.BrH.Mg/c1-9(2)8-10-6-4-3-5-7-10;;/h6,9-10H,3-5,7-8H2,1-2H3;1H;/q;;+1/p-1. The molecule has 2 heteroatoms. The molecule has 0 aromatic carbocycles. The van der Waals surface area contributed by atoms with E-state index in [0.717, 1.165) is 15.9 Å². The summed E-state index contributed by atoms with van der Waals surface area (Å²) in [4.78, 5) is 0. The van der Waals surface area contributed by atoms with Gasteiger partial charge in [-0.15, -0.1) is 4.05 Å². The average molecular weight is 243 g/mol. The normalized spacial score (nSPS) is 30.3. The molecule has 0 saturated heterocycles. The van der Waals surface area contributed by atoms with Crippen molar-refractivity contribution in [1.82, 2.24) is 0 Å². The molecule has 1 rings (SSSR count). The predicted molar refractivity (Wildman–Crippen MR) is 59.8 cm³/mol. The van der Waals surface area contributed by atoms with Gasteiger partial charge < -0.3 is 12.9 Å². The maximum absolute atomic E-state index is 3.78. The number of rotatable bonds is 3. The quantitative estimate of drug-likeness (QED) is 0.657. The van der Waals surface area contributed by atoms with E-state index in [0.29, 0.717) is 0 Å². The lowest BCUT2D eigenvalue weighted by molar-refractivity contribution is 0.305. The summed E-state index contributed by atoms with van der Waals surface area (Å²) in [5.74, 6) is 1.98.